The lowest BCUT2D eigenvalue weighted by atomic mass is 10.00. The summed E-state index contributed by atoms with van der Waals surface area (Å²) in [6, 6.07) is 13.3. The van der Waals surface area contributed by atoms with Gasteiger partial charge in [-0.2, -0.15) is 10.5 Å². The lowest BCUT2D eigenvalue weighted by Gasteiger charge is -2.24. The topological polar surface area (TPSA) is 63.3 Å². The molecular formula is C28H30N4O. The molecule has 2 aliphatic heterocycles. The zero-order valence-corrected chi connectivity index (χ0v) is 19.5. The smallest absolute Gasteiger partial charge is 0.102 e. The Morgan fingerprint density at radius 1 is 0.727 bits per heavy atom. The van der Waals surface area contributed by atoms with E-state index in [4.69, 9.17) is 4.74 Å². The van der Waals surface area contributed by atoms with Crippen molar-refractivity contribution in [1.29, 1.82) is 10.5 Å². The maximum Gasteiger partial charge on any atom is 0.102 e. The quantitative estimate of drug-likeness (QED) is 0.656. The Hall–Kier alpha value is -3.02. The van der Waals surface area contributed by atoms with Crippen molar-refractivity contribution < 1.29 is 4.74 Å². The van der Waals surface area contributed by atoms with Crippen LogP contribution in [0.15, 0.2) is 24.3 Å². The van der Waals surface area contributed by atoms with Gasteiger partial charge in [0.2, 0.25) is 0 Å². The summed E-state index contributed by atoms with van der Waals surface area (Å²) in [5.74, 6) is 3.35. The van der Waals surface area contributed by atoms with Crippen LogP contribution in [0.4, 0.5) is 11.4 Å². The predicted octanol–water partition coefficient (Wildman–Crippen LogP) is 4.68. The third-order valence-electron chi connectivity index (χ3n) is 8.49. The maximum atomic E-state index is 9.84. The summed E-state index contributed by atoms with van der Waals surface area (Å²) in [4.78, 5) is 4.76. The van der Waals surface area contributed by atoms with Crippen LogP contribution in [-0.4, -0.2) is 26.2 Å². The molecule has 0 bridgehead atoms. The first-order valence-electron chi connectivity index (χ1n) is 12.2. The van der Waals surface area contributed by atoms with Gasteiger partial charge in [0.1, 0.15) is 12.1 Å². The van der Waals surface area contributed by atoms with Gasteiger partial charge in [-0.25, -0.2) is 0 Å². The first-order chi connectivity index (χ1) is 16.1. The Balaban J connectivity index is 1.15. The van der Waals surface area contributed by atoms with Crippen molar-refractivity contribution in [2.75, 3.05) is 36.0 Å². The highest BCUT2D eigenvalue weighted by Crippen LogP contribution is 2.48. The van der Waals surface area contributed by atoms with Gasteiger partial charge in [-0.05, 0) is 84.7 Å². The number of benzene rings is 2. The van der Waals surface area contributed by atoms with Gasteiger partial charge in [-0.3, -0.25) is 0 Å². The number of anilines is 2. The number of piperidine rings is 2. The lowest BCUT2D eigenvalue weighted by molar-refractivity contribution is 0.106. The highest BCUT2D eigenvalue weighted by Gasteiger charge is 2.46. The molecule has 5 nitrogen and oxygen atoms in total. The molecule has 5 heteroatoms. The molecule has 0 N–H and O–H groups in total. The monoisotopic (exact) mass is 438 g/mol. The van der Waals surface area contributed by atoms with Crippen molar-refractivity contribution in [3.63, 3.8) is 0 Å². The first-order valence-corrected chi connectivity index (χ1v) is 12.2. The summed E-state index contributed by atoms with van der Waals surface area (Å²) in [6.07, 6.45) is 2.71. The van der Waals surface area contributed by atoms with Crippen LogP contribution in [0.5, 0.6) is 0 Å². The third-order valence-corrected chi connectivity index (χ3v) is 8.49. The highest BCUT2D eigenvalue weighted by molar-refractivity contribution is 5.66. The summed E-state index contributed by atoms with van der Waals surface area (Å²) in [6.45, 7) is 9.34. The Bertz CT molecular complexity index is 1090. The first kappa shape index (κ1) is 20.6. The van der Waals surface area contributed by atoms with E-state index in [9.17, 15) is 10.5 Å². The van der Waals surface area contributed by atoms with Crippen LogP contribution in [0.25, 0.3) is 0 Å². The van der Waals surface area contributed by atoms with Gasteiger partial charge in [-0.15, -0.1) is 0 Å². The van der Waals surface area contributed by atoms with E-state index in [0.717, 1.165) is 94.6 Å². The zero-order valence-electron chi connectivity index (χ0n) is 19.5. The van der Waals surface area contributed by atoms with Crippen LogP contribution < -0.4 is 9.80 Å². The molecule has 4 fully saturated rings. The molecule has 168 valence electrons. The Morgan fingerprint density at radius 2 is 1.12 bits per heavy atom. The summed E-state index contributed by atoms with van der Waals surface area (Å²) in [5.41, 5.74) is 7.89. The van der Waals surface area contributed by atoms with Gasteiger partial charge in [0.25, 0.3) is 0 Å². The highest BCUT2D eigenvalue weighted by atomic mass is 16.5. The van der Waals surface area contributed by atoms with Crippen LogP contribution in [-0.2, 0) is 18.0 Å². The minimum atomic E-state index is 0.463. The second kappa shape index (κ2) is 7.79. The van der Waals surface area contributed by atoms with Crippen LogP contribution in [0.3, 0.4) is 0 Å². The number of fused-ring (bicyclic) bond motifs is 2. The lowest BCUT2D eigenvalue weighted by Crippen LogP contribution is -2.23. The largest absolute Gasteiger partial charge is 0.372 e. The summed E-state index contributed by atoms with van der Waals surface area (Å²) in [5, 5.41) is 19.7. The average molecular weight is 439 g/mol. The van der Waals surface area contributed by atoms with Gasteiger partial charge < -0.3 is 14.5 Å². The number of nitriles is 2. The van der Waals surface area contributed by atoms with Crippen LogP contribution in [0, 0.1) is 60.2 Å². The molecule has 0 amide bonds. The molecule has 2 aromatic rings. The van der Waals surface area contributed by atoms with Gasteiger partial charge in [0.05, 0.1) is 35.7 Å². The number of nitrogens with zero attached hydrogens (tertiary/aromatic N) is 4. The van der Waals surface area contributed by atoms with Crippen molar-refractivity contribution >= 4 is 11.4 Å². The molecule has 2 saturated heterocycles. The maximum absolute atomic E-state index is 9.84. The van der Waals surface area contributed by atoms with Crippen molar-refractivity contribution in [3.05, 3.63) is 57.6 Å². The summed E-state index contributed by atoms with van der Waals surface area (Å²) in [7, 11) is 0. The van der Waals surface area contributed by atoms with E-state index in [0.29, 0.717) is 13.2 Å². The van der Waals surface area contributed by atoms with Crippen LogP contribution in [0.1, 0.15) is 46.2 Å². The zero-order chi connectivity index (χ0) is 22.7. The number of hydrogen-bond donors (Lipinski definition) is 0. The molecule has 2 saturated carbocycles. The van der Waals surface area contributed by atoms with Crippen LogP contribution >= 0.6 is 0 Å². The minimum absolute atomic E-state index is 0.463. The van der Waals surface area contributed by atoms with Crippen molar-refractivity contribution in [2.24, 2.45) is 23.7 Å². The van der Waals surface area contributed by atoms with Crippen molar-refractivity contribution in [1.82, 2.24) is 0 Å². The van der Waals surface area contributed by atoms with Crippen molar-refractivity contribution in [2.45, 2.75) is 39.9 Å². The van der Waals surface area contributed by atoms with Gasteiger partial charge in [-0.1, -0.05) is 12.1 Å². The second-order valence-electron chi connectivity index (χ2n) is 10.5. The average Bonchev–Trinajstić information content (AvgIpc) is 3.66. The molecule has 6 rings (SSSR count). The molecule has 2 heterocycles. The molecule has 4 unspecified atom stereocenters. The minimum Gasteiger partial charge on any atom is -0.372 e. The summed E-state index contributed by atoms with van der Waals surface area (Å²) < 4.78 is 6.10. The SMILES string of the molecule is Cc1c(COCc2ccc(N3CC4CC4C3)c(C#N)c2C)ccc(N2CC3CC3C2)c1C#N. The predicted molar refractivity (Wildman–Crippen MR) is 128 cm³/mol. The van der Waals surface area contributed by atoms with E-state index >= 15 is 0 Å². The number of rotatable bonds is 6. The molecule has 33 heavy (non-hydrogen) atoms. The normalized spacial score (nSPS) is 26.5. The Kier molecular flexibility index (Phi) is 4.86. The molecule has 4 aliphatic rings. The van der Waals surface area contributed by atoms with Gasteiger partial charge in [0, 0.05) is 26.2 Å². The summed E-state index contributed by atoms with van der Waals surface area (Å²) >= 11 is 0. The Labute approximate surface area is 196 Å². The molecule has 4 atom stereocenters. The fraction of sp³-hybridized carbons (Fsp3) is 0.500. The fourth-order valence-corrected chi connectivity index (χ4v) is 6.06. The number of hydrogen-bond acceptors (Lipinski definition) is 5. The van der Waals surface area contributed by atoms with E-state index in [-0.39, 0.29) is 0 Å². The van der Waals surface area contributed by atoms with E-state index in [1.165, 1.54) is 12.8 Å². The van der Waals surface area contributed by atoms with Gasteiger partial charge in [0.15, 0.2) is 0 Å². The van der Waals surface area contributed by atoms with E-state index in [1.54, 1.807) is 0 Å². The molecule has 0 aromatic heterocycles. The second-order valence-corrected chi connectivity index (χ2v) is 10.5. The molecule has 2 aromatic carbocycles. The molecule has 0 spiro atoms. The van der Waals surface area contributed by atoms with E-state index < -0.39 is 0 Å². The number of ether oxygens (including phenoxy) is 1. The van der Waals surface area contributed by atoms with Crippen molar-refractivity contribution in [3.8, 4) is 12.1 Å². The fourth-order valence-electron chi connectivity index (χ4n) is 6.06. The van der Waals surface area contributed by atoms with E-state index in [2.05, 4.69) is 46.2 Å². The molecule has 2 aliphatic carbocycles. The Morgan fingerprint density at radius 3 is 1.48 bits per heavy atom. The van der Waals surface area contributed by atoms with Crippen LogP contribution in [0.2, 0.25) is 0 Å². The standard InChI is InChI=1S/C28H30N4O/c1-17-19(3-5-27(25(17)9-29)31-11-21-7-22(21)12-31)15-33-16-20-4-6-28(26(10-30)18(20)2)32-13-23-8-24(23)14-32/h3-6,21-24H,7-8,11-16H2,1-2H3. The molecular weight excluding hydrogens is 408 g/mol. The van der Waals surface area contributed by atoms with Gasteiger partial charge >= 0.3 is 0 Å². The van der Waals surface area contributed by atoms with E-state index in [1.807, 2.05) is 13.8 Å². The molecule has 0 radical (unpaired) electrons. The third kappa shape index (κ3) is 3.56.